The Hall–Kier alpha value is -2.13. The zero-order valence-corrected chi connectivity index (χ0v) is 49.1. The van der Waals surface area contributed by atoms with Crippen molar-refractivity contribution in [1.29, 1.82) is 0 Å². The van der Waals surface area contributed by atoms with Crippen molar-refractivity contribution >= 4 is 42.4 Å². The van der Waals surface area contributed by atoms with Gasteiger partial charge in [0, 0.05) is 24.8 Å². The molecule has 0 aromatic heterocycles. The van der Waals surface area contributed by atoms with E-state index in [4.69, 9.17) is 13.9 Å². The Balaban J connectivity index is 1.93. The van der Waals surface area contributed by atoms with E-state index in [-0.39, 0.29) is 29.0 Å². The van der Waals surface area contributed by atoms with Crippen molar-refractivity contribution < 1.29 is 23.5 Å². The van der Waals surface area contributed by atoms with Crippen molar-refractivity contribution in [3.05, 3.63) is 60.7 Å². The Morgan fingerprint density at radius 3 is 1.56 bits per heavy atom. The summed E-state index contributed by atoms with van der Waals surface area (Å²) in [5.41, 5.74) is 0. The summed E-state index contributed by atoms with van der Waals surface area (Å²) in [6.07, 6.45) is 37.9. The van der Waals surface area contributed by atoms with E-state index in [0.717, 1.165) is 115 Å². The summed E-state index contributed by atoms with van der Waals surface area (Å²) in [4.78, 5) is 26.1. The van der Waals surface area contributed by atoms with Crippen LogP contribution >= 0.6 is 11.8 Å². The number of unbranched alkanes of at least 4 members (excludes halogenated alkanes) is 20. The summed E-state index contributed by atoms with van der Waals surface area (Å²) in [6, 6.07) is 22.5. The molecule has 0 spiro atoms. The minimum atomic E-state index is -2.53. The first kappa shape index (κ1) is 65.0. The lowest BCUT2D eigenvalue weighted by Crippen LogP contribution is -2.66. The summed E-state index contributed by atoms with van der Waals surface area (Å²) < 4.78 is 19.3. The fraction of sp³-hybridized carbons (Fsp3) is 0.778. The van der Waals surface area contributed by atoms with Crippen LogP contribution in [0.5, 0.6) is 0 Å². The van der Waals surface area contributed by atoms with Crippen LogP contribution in [0.1, 0.15) is 260 Å². The minimum absolute atomic E-state index is 0.00881. The van der Waals surface area contributed by atoms with Gasteiger partial charge in [0.15, 0.2) is 0 Å². The van der Waals surface area contributed by atoms with Gasteiger partial charge in [0.25, 0.3) is 8.32 Å². The average molecular weight is 1020 g/mol. The lowest BCUT2D eigenvalue weighted by atomic mass is 9.94. The largest absolute Gasteiger partial charge is 0.465 e. The van der Waals surface area contributed by atoms with E-state index in [9.17, 15) is 9.59 Å². The van der Waals surface area contributed by atoms with Crippen LogP contribution in [0.2, 0.25) is 5.04 Å². The van der Waals surface area contributed by atoms with E-state index in [1.165, 1.54) is 126 Å². The molecule has 408 valence electrons. The molecule has 2 rings (SSSR count). The predicted molar refractivity (Wildman–Crippen MR) is 312 cm³/mol. The van der Waals surface area contributed by atoms with Crippen molar-refractivity contribution in [3.8, 4) is 0 Å². The molecule has 0 bridgehead atoms. The number of nitrogens with one attached hydrogen (secondary N) is 1. The van der Waals surface area contributed by atoms with Crippen LogP contribution in [0.15, 0.2) is 60.7 Å². The Bertz CT molecular complexity index is 1480. The molecule has 0 saturated heterocycles. The number of rotatable bonds is 48. The van der Waals surface area contributed by atoms with Gasteiger partial charge in [-0.1, -0.05) is 244 Å². The van der Waals surface area contributed by atoms with Gasteiger partial charge in [0.1, 0.15) is 6.10 Å². The zero-order valence-electron chi connectivity index (χ0n) is 47.3. The van der Waals surface area contributed by atoms with E-state index in [1.807, 2.05) is 11.8 Å². The van der Waals surface area contributed by atoms with Crippen LogP contribution in [0.3, 0.4) is 0 Å². The number of benzene rings is 2. The number of hydrogen-bond donors (Lipinski definition) is 1. The van der Waals surface area contributed by atoms with Crippen LogP contribution in [0.4, 0.5) is 0 Å². The van der Waals surface area contributed by atoms with Crippen molar-refractivity contribution in [3.63, 3.8) is 0 Å². The quantitative estimate of drug-likeness (QED) is 0.0402. The van der Waals surface area contributed by atoms with Gasteiger partial charge >= 0.3 is 11.9 Å². The second-order valence-corrected chi connectivity index (χ2v) is 27.5. The minimum Gasteiger partial charge on any atom is -0.465 e. The van der Waals surface area contributed by atoms with Crippen LogP contribution in [-0.4, -0.2) is 63.7 Å². The molecule has 8 heteroatoms. The van der Waals surface area contributed by atoms with E-state index in [1.54, 1.807) is 0 Å². The van der Waals surface area contributed by atoms with Crippen molar-refractivity contribution in [2.45, 2.75) is 278 Å². The smallest absolute Gasteiger partial charge is 0.308 e. The Labute approximate surface area is 444 Å². The molecule has 0 fully saturated rings. The molecule has 0 aliphatic rings. The molecule has 0 aliphatic carbocycles. The van der Waals surface area contributed by atoms with E-state index in [2.05, 4.69) is 114 Å². The molecule has 0 amide bonds. The highest BCUT2D eigenvalue weighted by Crippen LogP contribution is 2.37. The number of ether oxygens (including phenoxy) is 2. The monoisotopic (exact) mass is 1020 g/mol. The Morgan fingerprint density at radius 1 is 0.535 bits per heavy atom. The van der Waals surface area contributed by atoms with Gasteiger partial charge in [-0.05, 0) is 98.3 Å². The molecule has 3 atom stereocenters. The first-order valence-corrected chi connectivity index (χ1v) is 33.1. The second kappa shape index (κ2) is 43.1. The summed E-state index contributed by atoms with van der Waals surface area (Å²) in [7, 11) is -2.53. The molecule has 2 aromatic carbocycles. The summed E-state index contributed by atoms with van der Waals surface area (Å²) in [5.74, 6) is 2.19. The van der Waals surface area contributed by atoms with Gasteiger partial charge < -0.3 is 19.2 Å². The van der Waals surface area contributed by atoms with Crippen LogP contribution in [-0.2, 0) is 23.5 Å². The molecule has 71 heavy (non-hydrogen) atoms. The maximum atomic E-state index is 13.3. The number of carbonyl (C=O) groups is 2. The van der Waals surface area contributed by atoms with Crippen LogP contribution in [0.25, 0.3) is 0 Å². The maximum Gasteiger partial charge on any atom is 0.308 e. The average Bonchev–Trinajstić information content (AvgIpc) is 3.37. The lowest BCUT2D eigenvalue weighted by molar-refractivity contribution is -0.149. The number of esters is 2. The highest BCUT2D eigenvalue weighted by molar-refractivity contribution is 7.99. The molecular weight excluding hydrogens is 911 g/mol. The summed E-state index contributed by atoms with van der Waals surface area (Å²) in [5, 5.41) is 6.67. The van der Waals surface area contributed by atoms with Gasteiger partial charge in [-0.25, -0.2) is 0 Å². The molecule has 2 aromatic rings. The first-order valence-electron chi connectivity index (χ1n) is 30.0. The second-order valence-electron chi connectivity index (χ2n) is 22.0. The third kappa shape index (κ3) is 30.1. The SMILES string of the molecule is CCCCCCCCC(CCCCCC)C(=O)OCCCCCC(CCCCCSCC(CCCCCC)OC(=O)CCCCCCC)NCCCCO[Si](c1ccccc1)(c1ccccc1)C(C)(C)C. The Morgan fingerprint density at radius 2 is 1.00 bits per heavy atom. The molecule has 0 radical (unpaired) electrons. The van der Waals surface area contributed by atoms with E-state index in [0.29, 0.717) is 19.1 Å². The third-order valence-corrected chi connectivity index (χ3v) is 20.9. The molecular formula is C63H111NO5SSi. The van der Waals surface area contributed by atoms with Gasteiger partial charge in [-0.3, -0.25) is 9.59 Å². The standard InChI is InChI=1S/C63H111NO5SSi/c1-8-12-16-20-22-28-42-56(41-27-18-14-10-3)62(66)67-52-38-25-29-43-57(44-30-26-40-54-70-55-58(45-31-19-15-11-4)69-61(65)50-36-21-17-13-9-2)64-51-37-39-53-68-71(63(5,6)7,59-46-32-23-33-47-59)60-48-34-24-35-49-60/h23-24,32-35,46-49,56-58,64H,8-22,25-31,36-45,50-55H2,1-7H3. The van der Waals surface area contributed by atoms with Crippen molar-refractivity contribution in [2.24, 2.45) is 5.92 Å². The molecule has 0 saturated carbocycles. The fourth-order valence-corrected chi connectivity index (χ4v) is 16.0. The zero-order chi connectivity index (χ0) is 51.5. The fourth-order valence-electron chi connectivity index (χ4n) is 10.3. The Kier molecular flexibility index (Phi) is 39.5. The lowest BCUT2D eigenvalue weighted by Gasteiger charge is -2.43. The number of carbonyl (C=O) groups excluding carboxylic acids is 2. The molecule has 3 unspecified atom stereocenters. The highest BCUT2D eigenvalue weighted by atomic mass is 32.2. The van der Waals surface area contributed by atoms with Crippen molar-refractivity contribution in [1.82, 2.24) is 5.32 Å². The molecule has 0 heterocycles. The summed E-state index contributed by atoms with van der Waals surface area (Å²) >= 11 is 1.98. The number of thioether (sulfide) groups is 1. The van der Waals surface area contributed by atoms with Crippen LogP contribution in [0, 0.1) is 5.92 Å². The van der Waals surface area contributed by atoms with Gasteiger partial charge in [0.05, 0.1) is 12.5 Å². The van der Waals surface area contributed by atoms with Gasteiger partial charge in [-0.2, -0.15) is 11.8 Å². The summed E-state index contributed by atoms with van der Waals surface area (Å²) in [6.45, 7) is 18.4. The predicted octanol–water partition coefficient (Wildman–Crippen LogP) is 17.3. The number of hydrogen-bond acceptors (Lipinski definition) is 7. The van der Waals surface area contributed by atoms with E-state index >= 15 is 0 Å². The third-order valence-electron chi connectivity index (χ3n) is 14.6. The normalized spacial score (nSPS) is 13.3. The van der Waals surface area contributed by atoms with E-state index < -0.39 is 8.32 Å². The van der Waals surface area contributed by atoms with Gasteiger partial charge in [-0.15, -0.1) is 0 Å². The molecule has 1 N–H and O–H groups in total. The molecule has 0 aliphatic heterocycles. The topological polar surface area (TPSA) is 73.9 Å². The van der Waals surface area contributed by atoms with Crippen molar-refractivity contribution in [2.75, 3.05) is 31.3 Å². The first-order chi connectivity index (χ1) is 34.6. The maximum absolute atomic E-state index is 13.3. The van der Waals surface area contributed by atoms with Crippen LogP contribution < -0.4 is 15.7 Å². The highest BCUT2D eigenvalue weighted by Gasteiger charge is 2.50. The van der Waals surface area contributed by atoms with Gasteiger partial charge in [0.2, 0.25) is 0 Å². The molecule has 6 nitrogen and oxygen atoms in total.